The second-order valence-corrected chi connectivity index (χ2v) is 3.02. The SMILES string of the molecule is CC.COc1ccc(C(=O)O)c2cccnc12. The lowest BCUT2D eigenvalue weighted by Gasteiger charge is -2.06. The van der Waals surface area contributed by atoms with Crippen molar-refractivity contribution >= 4 is 16.9 Å². The Bertz CT molecular complexity index is 523. The quantitative estimate of drug-likeness (QED) is 0.866. The monoisotopic (exact) mass is 233 g/mol. The lowest BCUT2D eigenvalue weighted by molar-refractivity contribution is 0.0699. The molecule has 0 aliphatic heterocycles. The lowest BCUT2D eigenvalue weighted by atomic mass is 10.1. The van der Waals surface area contributed by atoms with Crippen LogP contribution in [0.25, 0.3) is 10.9 Å². The summed E-state index contributed by atoms with van der Waals surface area (Å²) in [6, 6.07) is 6.55. The molecular weight excluding hydrogens is 218 g/mol. The first-order valence-electron chi connectivity index (χ1n) is 5.39. The lowest BCUT2D eigenvalue weighted by Crippen LogP contribution is -1.99. The third-order valence-corrected chi connectivity index (χ3v) is 2.18. The zero-order valence-corrected chi connectivity index (χ0v) is 10.1. The number of carboxylic acid groups (broad SMARTS) is 1. The molecule has 1 N–H and O–H groups in total. The third kappa shape index (κ3) is 2.53. The van der Waals surface area contributed by atoms with Gasteiger partial charge in [0.1, 0.15) is 11.3 Å². The number of ether oxygens (including phenoxy) is 1. The molecule has 4 nitrogen and oxygen atoms in total. The molecule has 1 aromatic carbocycles. The van der Waals surface area contributed by atoms with Crippen LogP contribution in [0.3, 0.4) is 0 Å². The molecular formula is C13H15NO3. The van der Waals surface area contributed by atoms with E-state index >= 15 is 0 Å². The third-order valence-electron chi connectivity index (χ3n) is 2.18. The molecule has 0 aliphatic carbocycles. The summed E-state index contributed by atoms with van der Waals surface area (Å²) in [5.41, 5.74) is 0.804. The molecule has 1 aromatic heterocycles. The Labute approximate surface area is 99.9 Å². The molecule has 0 amide bonds. The number of benzene rings is 1. The van der Waals surface area contributed by atoms with Crippen LogP contribution in [0, 0.1) is 0 Å². The Hall–Kier alpha value is -2.10. The maximum Gasteiger partial charge on any atom is 0.336 e. The van der Waals surface area contributed by atoms with Gasteiger partial charge in [0, 0.05) is 11.6 Å². The summed E-state index contributed by atoms with van der Waals surface area (Å²) >= 11 is 0. The van der Waals surface area contributed by atoms with E-state index in [0.29, 0.717) is 16.7 Å². The molecule has 0 atom stereocenters. The van der Waals surface area contributed by atoms with Crippen molar-refractivity contribution < 1.29 is 14.6 Å². The van der Waals surface area contributed by atoms with Gasteiger partial charge in [-0.2, -0.15) is 0 Å². The van der Waals surface area contributed by atoms with E-state index in [1.54, 1.807) is 24.4 Å². The summed E-state index contributed by atoms with van der Waals surface area (Å²) in [7, 11) is 1.53. The summed E-state index contributed by atoms with van der Waals surface area (Å²) < 4.78 is 5.11. The first-order valence-corrected chi connectivity index (χ1v) is 5.39. The van der Waals surface area contributed by atoms with Gasteiger partial charge in [0.25, 0.3) is 0 Å². The van der Waals surface area contributed by atoms with Crippen molar-refractivity contribution in [1.82, 2.24) is 4.98 Å². The summed E-state index contributed by atoms with van der Waals surface area (Å²) in [4.78, 5) is 15.1. The van der Waals surface area contributed by atoms with Gasteiger partial charge in [-0.15, -0.1) is 0 Å². The normalized spacial score (nSPS) is 9.35. The number of aromatic nitrogens is 1. The predicted molar refractivity (Wildman–Crippen MR) is 66.6 cm³/mol. The van der Waals surface area contributed by atoms with E-state index in [4.69, 9.17) is 9.84 Å². The van der Waals surface area contributed by atoms with Crippen LogP contribution in [-0.2, 0) is 0 Å². The smallest absolute Gasteiger partial charge is 0.336 e. The van der Waals surface area contributed by atoms with Crippen molar-refractivity contribution in [2.75, 3.05) is 7.11 Å². The van der Waals surface area contributed by atoms with Crippen molar-refractivity contribution in [3.05, 3.63) is 36.0 Å². The topological polar surface area (TPSA) is 59.4 Å². The molecule has 0 saturated carbocycles. The Kier molecular flexibility index (Phi) is 4.46. The number of carbonyl (C=O) groups is 1. The van der Waals surface area contributed by atoms with Crippen LogP contribution in [0.5, 0.6) is 5.75 Å². The Morgan fingerprint density at radius 1 is 1.29 bits per heavy atom. The van der Waals surface area contributed by atoms with Crippen molar-refractivity contribution in [1.29, 1.82) is 0 Å². The molecule has 2 rings (SSSR count). The summed E-state index contributed by atoms with van der Waals surface area (Å²) in [5, 5.41) is 9.57. The Morgan fingerprint density at radius 2 is 2.00 bits per heavy atom. The zero-order chi connectivity index (χ0) is 12.8. The average Bonchev–Trinajstić information content (AvgIpc) is 2.39. The Balaban J connectivity index is 0.000000686. The highest BCUT2D eigenvalue weighted by Crippen LogP contribution is 2.26. The van der Waals surface area contributed by atoms with Crippen molar-refractivity contribution in [3.8, 4) is 5.75 Å². The molecule has 0 saturated heterocycles. The highest BCUT2D eigenvalue weighted by Gasteiger charge is 2.11. The molecule has 0 unspecified atom stereocenters. The van der Waals surface area contributed by atoms with Crippen molar-refractivity contribution in [3.63, 3.8) is 0 Å². The summed E-state index contributed by atoms with van der Waals surface area (Å²) in [6.07, 6.45) is 1.61. The van der Waals surface area contributed by atoms with Gasteiger partial charge in [-0.3, -0.25) is 4.98 Å². The fourth-order valence-electron chi connectivity index (χ4n) is 1.50. The molecule has 2 aromatic rings. The molecule has 0 bridgehead atoms. The number of nitrogens with zero attached hydrogens (tertiary/aromatic N) is 1. The fraction of sp³-hybridized carbons (Fsp3) is 0.231. The number of aromatic carboxylic acids is 1. The summed E-state index contributed by atoms with van der Waals surface area (Å²) in [6.45, 7) is 4.00. The standard InChI is InChI=1S/C11H9NO3.C2H6/c1-15-9-5-4-8(11(13)14)7-3-2-6-12-10(7)9;1-2/h2-6H,1H3,(H,13,14);1-2H3. The van der Waals surface area contributed by atoms with Crippen molar-refractivity contribution in [2.45, 2.75) is 13.8 Å². The minimum atomic E-state index is -0.962. The zero-order valence-electron chi connectivity index (χ0n) is 10.1. The number of pyridine rings is 1. The first-order chi connectivity index (χ1) is 8.24. The molecule has 90 valence electrons. The van der Waals surface area contributed by atoms with E-state index in [1.165, 1.54) is 13.2 Å². The highest BCUT2D eigenvalue weighted by molar-refractivity contribution is 6.04. The van der Waals surface area contributed by atoms with Gasteiger partial charge in [0.15, 0.2) is 0 Å². The second kappa shape index (κ2) is 5.84. The largest absolute Gasteiger partial charge is 0.494 e. The van der Waals surface area contributed by atoms with E-state index in [9.17, 15) is 4.79 Å². The van der Waals surface area contributed by atoms with Gasteiger partial charge in [-0.1, -0.05) is 19.9 Å². The first kappa shape index (κ1) is 13.0. The van der Waals surface area contributed by atoms with Crippen LogP contribution in [-0.4, -0.2) is 23.2 Å². The van der Waals surface area contributed by atoms with Gasteiger partial charge >= 0.3 is 5.97 Å². The number of fused-ring (bicyclic) bond motifs is 1. The number of hydrogen-bond acceptors (Lipinski definition) is 3. The van der Waals surface area contributed by atoms with Crippen LogP contribution in [0.1, 0.15) is 24.2 Å². The minimum absolute atomic E-state index is 0.235. The minimum Gasteiger partial charge on any atom is -0.494 e. The van der Waals surface area contributed by atoms with Crippen LogP contribution in [0.4, 0.5) is 0 Å². The predicted octanol–water partition coefficient (Wildman–Crippen LogP) is 2.97. The van der Waals surface area contributed by atoms with Gasteiger partial charge in [-0.25, -0.2) is 4.79 Å². The van der Waals surface area contributed by atoms with Crippen LogP contribution < -0.4 is 4.74 Å². The molecule has 4 heteroatoms. The fourth-order valence-corrected chi connectivity index (χ4v) is 1.50. The van der Waals surface area contributed by atoms with E-state index in [0.717, 1.165) is 0 Å². The number of rotatable bonds is 2. The van der Waals surface area contributed by atoms with E-state index < -0.39 is 5.97 Å². The van der Waals surface area contributed by atoms with Gasteiger partial charge in [-0.05, 0) is 18.2 Å². The summed E-state index contributed by atoms with van der Waals surface area (Å²) in [5.74, 6) is -0.383. The average molecular weight is 233 g/mol. The van der Waals surface area contributed by atoms with Crippen LogP contribution >= 0.6 is 0 Å². The Morgan fingerprint density at radius 3 is 2.59 bits per heavy atom. The van der Waals surface area contributed by atoms with Crippen LogP contribution in [0.2, 0.25) is 0 Å². The van der Waals surface area contributed by atoms with Gasteiger partial charge in [0.2, 0.25) is 0 Å². The molecule has 0 aliphatic rings. The molecule has 0 spiro atoms. The van der Waals surface area contributed by atoms with Crippen molar-refractivity contribution in [2.24, 2.45) is 0 Å². The number of hydrogen-bond donors (Lipinski definition) is 1. The van der Waals surface area contributed by atoms with E-state index in [1.807, 2.05) is 13.8 Å². The second-order valence-electron chi connectivity index (χ2n) is 3.02. The maximum absolute atomic E-state index is 10.9. The molecule has 0 radical (unpaired) electrons. The van der Waals surface area contributed by atoms with Gasteiger partial charge in [0.05, 0.1) is 12.7 Å². The number of carboxylic acids is 1. The van der Waals surface area contributed by atoms with Crippen LogP contribution in [0.15, 0.2) is 30.5 Å². The molecule has 1 heterocycles. The highest BCUT2D eigenvalue weighted by atomic mass is 16.5. The molecule has 0 fully saturated rings. The van der Waals surface area contributed by atoms with E-state index in [2.05, 4.69) is 4.98 Å². The molecule has 17 heavy (non-hydrogen) atoms. The van der Waals surface area contributed by atoms with Gasteiger partial charge < -0.3 is 9.84 Å². The van der Waals surface area contributed by atoms with E-state index in [-0.39, 0.29) is 5.56 Å². The maximum atomic E-state index is 10.9. The number of methoxy groups -OCH3 is 1.